The van der Waals surface area contributed by atoms with Crippen LogP contribution in [0.1, 0.15) is 24.0 Å². The molecule has 1 N–H and O–H groups in total. The molecule has 24 heavy (non-hydrogen) atoms. The summed E-state index contributed by atoms with van der Waals surface area (Å²) in [5.74, 6) is 1.73. The van der Waals surface area contributed by atoms with Crippen molar-refractivity contribution < 1.29 is 4.74 Å². The molecule has 0 atom stereocenters. The van der Waals surface area contributed by atoms with Gasteiger partial charge in [-0.2, -0.15) is 0 Å². The van der Waals surface area contributed by atoms with E-state index in [2.05, 4.69) is 65.5 Å². The fraction of sp³-hybridized carbons (Fsp3) is 0.632. The number of ether oxygens (including phenoxy) is 1. The van der Waals surface area contributed by atoms with Crippen LogP contribution in [0.4, 0.5) is 0 Å². The van der Waals surface area contributed by atoms with Gasteiger partial charge in [-0.3, -0.25) is 4.99 Å². The van der Waals surface area contributed by atoms with Crippen LogP contribution >= 0.6 is 0 Å². The molecule has 5 heteroatoms. The van der Waals surface area contributed by atoms with E-state index in [1.807, 2.05) is 7.05 Å². The lowest BCUT2D eigenvalue weighted by molar-refractivity contribution is 0.115. The molecule has 2 rings (SSSR count). The van der Waals surface area contributed by atoms with E-state index in [0.29, 0.717) is 0 Å². The minimum Gasteiger partial charge on any atom is -0.379 e. The lowest BCUT2D eigenvalue weighted by Gasteiger charge is -2.23. The highest BCUT2D eigenvalue weighted by Crippen LogP contribution is 2.28. The smallest absolute Gasteiger partial charge is 0.193 e. The fourth-order valence-corrected chi connectivity index (χ4v) is 2.63. The summed E-state index contributed by atoms with van der Waals surface area (Å²) in [4.78, 5) is 8.70. The van der Waals surface area contributed by atoms with E-state index in [4.69, 9.17) is 4.74 Å². The van der Waals surface area contributed by atoms with Gasteiger partial charge in [0.25, 0.3) is 0 Å². The highest BCUT2D eigenvalue weighted by molar-refractivity contribution is 5.79. The molecule has 1 saturated carbocycles. The van der Waals surface area contributed by atoms with Crippen LogP contribution in [0.3, 0.4) is 0 Å². The molecule has 0 bridgehead atoms. The Hall–Kier alpha value is -1.59. The van der Waals surface area contributed by atoms with Crippen molar-refractivity contribution in [2.45, 2.75) is 25.9 Å². The molecule has 0 heterocycles. The number of aliphatic imine (C=N–C) groups is 1. The van der Waals surface area contributed by atoms with Crippen LogP contribution in [0.25, 0.3) is 0 Å². The Balaban J connectivity index is 1.79. The topological polar surface area (TPSA) is 40.1 Å². The predicted molar refractivity (Wildman–Crippen MR) is 100 cm³/mol. The standard InChI is InChI=1S/C19H32N4O/c1-20-19(23(4)11-12-24-15-16-9-10-16)21-13-17-7-5-6-8-18(17)14-22(2)3/h5-8,16H,9-15H2,1-4H3,(H,20,21). The van der Waals surface area contributed by atoms with E-state index in [0.717, 1.165) is 44.7 Å². The summed E-state index contributed by atoms with van der Waals surface area (Å²) < 4.78 is 5.72. The molecule has 0 saturated heterocycles. The van der Waals surface area contributed by atoms with Gasteiger partial charge in [0.2, 0.25) is 0 Å². The van der Waals surface area contributed by atoms with Gasteiger partial charge in [0.05, 0.1) is 6.61 Å². The zero-order valence-electron chi connectivity index (χ0n) is 15.6. The second kappa shape index (κ2) is 9.64. The summed E-state index contributed by atoms with van der Waals surface area (Å²) in [6.07, 6.45) is 2.68. The van der Waals surface area contributed by atoms with Crippen molar-refractivity contribution in [3.05, 3.63) is 35.4 Å². The fourth-order valence-electron chi connectivity index (χ4n) is 2.63. The molecule has 1 aromatic carbocycles. The summed E-state index contributed by atoms with van der Waals surface area (Å²) >= 11 is 0. The van der Waals surface area contributed by atoms with E-state index in [9.17, 15) is 0 Å². The van der Waals surface area contributed by atoms with Crippen molar-refractivity contribution in [1.82, 2.24) is 15.1 Å². The molecule has 0 aromatic heterocycles. The summed E-state index contributed by atoms with van der Waals surface area (Å²) in [6, 6.07) is 8.56. The molecule has 1 aliphatic carbocycles. The third-order valence-corrected chi connectivity index (χ3v) is 4.24. The van der Waals surface area contributed by atoms with Gasteiger partial charge in [0.1, 0.15) is 0 Å². The van der Waals surface area contributed by atoms with Gasteiger partial charge in [-0.1, -0.05) is 24.3 Å². The molecule has 1 fully saturated rings. The monoisotopic (exact) mass is 332 g/mol. The first-order valence-corrected chi connectivity index (χ1v) is 8.81. The van der Waals surface area contributed by atoms with Crippen LogP contribution < -0.4 is 5.32 Å². The van der Waals surface area contributed by atoms with Crippen LogP contribution in [0.5, 0.6) is 0 Å². The van der Waals surface area contributed by atoms with Crippen molar-refractivity contribution in [2.75, 3.05) is 47.9 Å². The maximum atomic E-state index is 5.72. The van der Waals surface area contributed by atoms with Gasteiger partial charge in [-0.05, 0) is 44.0 Å². The second-order valence-corrected chi connectivity index (χ2v) is 6.85. The van der Waals surface area contributed by atoms with Gasteiger partial charge in [0.15, 0.2) is 5.96 Å². The van der Waals surface area contributed by atoms with Crippen molar-refractivity contribution in [3.8, 4) is 0 Å². The Bertz CT molecular complexity index is 526. The van der Waals surface area contributed by atoms with Crippen LogP contribution in [0, 0.1) is 5.92 Å². The number of nitrogens with one attached hydrogen (secondary N) is 1. The zero-order chi connectivity index (χ0) is 17.4. The quantitative estimate of drug-likeness (QED) is 0.427. The summed E-state index contributed by atoms with van der Waals surface area (Å²) in [6.45, 7) is 4.25. The van der Waals surface area contributed by atoms with Gasteiger partial charge >= 0.3 is 0 Å². The number of nitrogens with zero attached hydrogens (tertiary/aromatic N) is 3. The normalized spacial score (nSPS) is 15.0. The van der Waals surface area contributed by atoms with E-state index in [-0.39, 0.29) is 0 Å². The van der Waals surface area contributed by atoms with E-state index < -0.39 is 0 Å². The molecular weight excluding hydrogens is 300 g/mol. The highest BCUT2D eigenvalue weighted by Gasteiger charge is 2.21. The molecule has 0 aliphatic heterocycles. The third kappa shape index (κ3) is 6.49. The molecule has 0 amide bonds. The Morgan fingerprint density at radius 3 is 2.54 bits per heavy atom. The Morgan fingerprint density at radius 2 is 1.92 bits per heavy atom. The molecule has 134 valence electrons. The maximum absolute atomic E-state index is 5.72. The number of hydrogen-bond donors (Lipinski definition) is 1. The molecular formula is C19H32N4O. The van der Waals surface area contributed by atoms with Crippen molar-refractivity contribution in [1.29, 1.82) is 0 Å². The van der Waals surface area contributed by atoms with E-state index in [1.165, 1.54) is 24.0 Å². The summed E-state index contributed by atoms with van der Waals surface area (Å²) in [5.41, 5.74) is 2.66. The second-order valence-electron chi connectivity index (χ2n) is 6.85. The number of likely N-dealkylation sites (N-methyl/N-ethyl adjacent to an activating group) is 1. The SMILES string of the molecule is CN=C(NCc1ccccc1CN(C)C)N(C)CCOCC1CC1. The molecule has 0 spiro atoms. The largest absolute Gasteiger partial charge is 0.379 e. The number of rotatable bonds is 9. The Morgan fingerprint density at radius 1 is 1.21 bits per heavy atom. The van der Waals surface area contributed by atoms with Crippen molar-refractivity contribution >= 4 is 5.96 Å². The minimum absolute atomic E-state index is 0.755. The molecule has 0 unspecified atom stereocenters. The summed E-state index contributed by atoms with van der Waals surface area (Å²) in [5, 5.41) is 3.46. The van der Waals surface area contributed by atoms with Gasteiger partial charge in [-0.15, -0.1) is 0 Å². The third-order valence-electron chi connectivity index (χ3n) is 4.24. The first kappa shape index (κ1) is 18.7. The van der Waals surface area contributed by atoms with E-state index in [1.54, 1.807) is 0 Å². The highest BCUT2D eigenvalue weighted by atomic mass is 16.5. The van der Waals surface area contributed by atoms with Gasteiger partial charge < -0.3 is 19.9 Å². The minimum atomic E-state index is 0.755. The predicted octanol–water partition coefficient (Wildman–Crippen LogP) is 2.18. The van der Waals surface area contributed by atoms with Gasteiger partial charge in [0, 0.05) is 40.3 Å². The zero-order valence-corrected chi connectivity index (χ0v) is 15.6. The van der Waals surface area contributed by atoms with E-state index >= 15 is 0 Å². The number of hydrogen-bond acceptors (Lipinski definition) is 3. The molecule has 1 aromatic rings. The van der Waals surface area contributed by atoms with Crippen LogP contribution in [0.2, 0.25) is 0 Å². The van der Waals surface area contributed by atoms with Crippen LogP contribution in [0.15, 0.2) is 29.3 Å². The lowest BCUT2D eigenvalue weighted by Crippen LogP contribution is -2.40. The Kier molecular flexibility index (Phi) is 7.53. The average molecular weight is 332 g/mol. The van der Waals surface area contributed by atoms with Crippen LogP contribution in [-0.4, -0.2) is 63.7 Å². The van der Waals surface area contributed by atoms with Crippen molar-refractivity contribution in [3.63, 3.8) is 0 Å². The number of benzene rings is 1. The number of guanidine groups is 1. The van der Waals surface area contributed by atoms with Crippen LogP contribution in [-0.2, 0) is 17.8 Å². The average Bonchev–Trinajstić information content (AvgIpc) is 3.37. The first-order chi connectivity index (χ1) is 11.6. The first-order valence-electron chi connectivity index (χ1n) is 8.81. The Labute approximate surface area is 146 Å². The molecule has 1 aliphatic rings. The molecule has 0 radical (unpaired) electrons. The summed E-state index contributed by atoms with van der Waals surface area (Å²) in [7, 11) is 8.08. The lowest BCUT2D eigenvalue weighted by atomic mass is 10.1. The van der Waals surface area contributed by atoms with Gasteiger partial charge in [-0.25, -0.2) is 0 Å². The maximum Gasteiger partial charge on any atom is 0.193 e. The molecule has 5 nitrogen and oxygen atoms in total. The van der Waals surface area contributed by atoms with Crippen molar-refractivity contribution in [2.24, 2.45) is 10.9 Å².